The molecule has 2 rings (SSSR count). The van der Waals surface area contributed by atoms with Crippen LogP contribution in [0, 0.1) is 13.8 Å². The van der Waals surface area contributed by atoms with Gasteiger partial charge in [-0.2, -0.15) is 11.3 Å². The summed E-state index contributed by atoms with van der Waals surface area (Å²) < 4.78 is 12.3. The van der Waals surface area contributed by atoms with E-state index in [4.69, 9.17) is 9.47 Å². The average molecular weight is 407 g/mol. The van der Waals surface area contributed by atoms with Gasteiger partial charge in [0.1, 0.15) is 0 Å². The van der Waals surface area contributed by atoms with Crippen molar-refractivity contribution in [2.75, 3.05) is 26.9 Å². The first kappa shape index (κ1) is 21.8. The number of nitrogens with one attached hydrogen (secondary N) is 1. The molecule has 8 heteroatoms. The van der Waals surface area contributed by atoms with Crippen LogP contribution in [0.5, 0.6) is 0 Å². The van der Waals surface area contributed by atoms with Crippen LogP contribution < -0.4 is 5.32 Å². The third-order valence-electron chi connectivity index (χ3n) is 4.40. The van der Waals surface area contributed by atoms with Crippen LogP contribution in [0.15, 0.2) is 22.9 Å². The first-order valence-electron chi connectivity index (χ1n) is 9.01. The zero-order chi connectivity index (χ0) is 20.7. The predicted octanol–water partition coefficient (Wildman–Crippen LogP) is 2.92. The molecule has 1 unspecified atom stereocenters. The maximum Gasteiger partial charge on any atom is 0.308 e. The van der Waals surface area contributed by atoms with E-state index in [0.29, 0.717) is 17.7 Å². The van der Waals surface area contributed by atoms with Gasteiger partial charge in [-0.3, -0.25) is 14.4 Å². The maximum atomic E-state index is 12.5. The molecule has 0 saturated heterocycles. The molecule has 0 bridgehead atoms. The number of hydrogen-bond acceptors (Lipinski definition) is 6. The van der Waals surface area contributed by atoms with E-state index in [0.717, 1.165) is 11.4 Å². The maximum absolute atomic E-state index is 12.5. The van der Waals surface area contributed by atoms with Gasteiger partial charge in [0.2, 0.25) is 5.78 Å². The third kappa shape index (κ3) is 5.53. The fourth-order valence-corrected chi connectivity index (χ4v) is 3.76. The lowest BCUT2D eigenvalue weighted by Gasteiger charge is -2.17. The van der Waals surface area contributed by atoms with Crippen molar-refractivity contribution in [2.45, 2.75) is 33.2 Å². The lowest BCUT2D eigenvalue weighted by atomic mass is 10.1. The summed E-state index contributed by atoms with van der Waals surface area (Å²) in [5.74, 6) is -1.01. The lowest BCUT2D eigenvalue weighted by Crippen LogP contribution is -2.26. The summed E-state index contributed by atoms with van der Waals surface area (Å²) in [6.07, 6.45) is 0.00700. The quantitative estimate of drug-likeness (QED) is 0.484. The number of carbonyl (C=O) groups is 3. The van der Waals surface area contributed by atoms with E-state index in [1.165, 1.54) is 11.3 Å². The van der Waals surface area contributed by atoms with E-state index in [9.17, 15) is 14.4 Å². The normalized spacial score (nSPS) is 11.9. The summed E-state index contributed by atoms with van der Waals surface area (Å²) in [6, 6.07) is 3.61. The highest BCUT2D eigenvalue weighted by Gasteiger charge is 2.20. The van der Waals surface area contributed by atoms with Crippen LogP contribution in [0.3, 0.4) is 0 Å². The van der Waals surface area contributed by atoms with Crippen LogP contribution in [0.4, 0.5) is 0 Å². The van der Waals surface area contributed by atoms with Crippen molar-refractivity contribution in [1.82, 2.24) is 9.88 Å². The second-order valence-corrected chi connectivity index (χ2v) is 7.34. The second kappa shape index (κ2) is 10.2. The van der Waals surface area contributed by atoms with Crippen molar-refractivity contribution in [3.63, 3.8) is 0 Å². The number of amides is 1. The molecule has 7 nitrogen and oxygen atoms in total. The van der Waals surface area contributed by atoms with Crippen molar-refractivity contribution < 1.29 is 23.9 Å². The minimum absolute atomic E-state index is 0.00700. The van der Waals surface area contributed by atoms with Crippen LogP contribution in [-0.2, 0) is 14.3 Å². The molecule has 1 N–H and O–H groups in total. The molecule has 0 aliphatic heterocycles. The number of carbonyl (C=O) groups excluding carboxylic acids is 3. The Morgan fingerprint density at radius 2 is 2.04 bits per heavy atom. The Kier molecular flexibility index (Phi) is 7.95. The molecule has 2 aromatic heterocycles. The predicted molar refractivity (Wildman–Crippen MR) is 107 cm³/mol. The molecule has 0 fully saturated rings. The molecule has 0 aliphatic carbocycles. The molecule has 0 spiro atoms. The van der Waals surface area contributed by atoms with Gasteiger partial charge in [-0.1, -0.05) is 0 Å². The molecule has 0 radical (unpaired) electrons. The van der Waals surface area contributed by atoms with Gasteiger partial charge in [0.05, 0.1) is 19.1 Å². The van der Waals surface area contributed by atoms with Gasteiger partial charge in [-0.15, -0.1) is 0 Å². The number of ether oxygens (including phenoxy) is 2. The number of methoxy groups -OCH3 is 1. The van der Waals surface area contributed by atoms with Crippen LogP contribution in [0.25, 0.3) is 0 Å². The van der Waals surface area contributed by atoms with Crippen molar-refractivity contribution in [3.8, 4) is 0 Å². The molecule has 0 aromatic carbocycles. The SMILES string of the molecule is COCC(C)n1c(C)cc(C(=O)COC(=O)CCNC(=O)c2ccsc2)c1C. The molecule has 0 saturated carbocycles. The summed E-state index contributed by atoms with van der Waals surface area (Å²) in [5, 5.41) is 6.19. The monoisotopic (exact) mass is 406 g/mol. The van der Waals surface area contributed by atoms with Crippen molar-refractivity contribution in [3.05, 3.63) is 45.4 Å². The van der Waals surface area contributed by atoms with Gasteiger partial charge in [0.15, 0.2) is 6.61 Å². The number of aromatic nitrogens is 1. The summed E-state index contributed by atoms with van der Waals surface area (Å²) in [5.41, 5.74) is 2.88. The highest BCUT2D eigenvalue weighted by molar-refractivity contribution is 7.08. The number of rotatable bonds is 10. The van der Waals surface area contributed by atoms with E-state index in [2.05, 4.69) is 5.32 Å². The van der Waals surface area contributed by atoms with Gasteiger partial charge in [-0.25, -0.2) is 0 Å². The molecule has 28 heavy (non-hydrogen) atoms. The number of aryl methyl sites for hydroxylation is 1. The lowest BCUT2D eigenvalue weighted by molar-refractivity contribution is -0.142. The van der Waals surface area contributed by atoms with Crippen LogP contribution >= 0.6 is 11.3 Å². The zero-order valence-corrected chi connectivity index (χ0v) is 17.4. The molecular weight excluding hydrogens is 380 g/mol. The van der Waals surface area contributed by atoms with Crippen LogP contribution in [-0.4, -0.2) is 49.1 Å². The standard InChI is InChI=1S/C20H26N2O5S/c1-13-9-17(15(3)22(13)14(2)10-26-4)18(23)11-27-19(24)5-7-21-20(25)16-6-8-28-12-16/h6,8-9,12,14H,5,7,10-11H2,1-4H3,(H,21,25). The van der Waals surface area contributed by atoms with Crippen LogP contribution in [0.1, 0.15) is 51.5 Å². The van der Waals surface area contributed by atoms with Crippen molar-refractivity contribution in [2.24, 2.45) is 0 Å². The third-order valence-corrected chi connectivity index (χ3v) is 5.08. The van der Waals surface area contributed by atoms with Gasteiger partial charge >= 0.3 is 5.97 Å². The van der Waals surface area contributed by atoms with E-state index >= 15 is 0 Å². The molecular formula is C20H26N2O5S. The molecule has 2 heterocycles. The Bertz CT molecular complexity index is 826. The van der Waals surface area contributed by atoms with Crippen LogP contribution in [0.2, 0.25) is 0 Å². The van der Waals surface area contributed by atoms with Gasteiger partial charge < -0.3 is 19.4 Å². The average Bonchev–Trinajstić information content (AvgIpc) is 3.28. The van der Waals surface area contributed by atoms with Crippen molar-refractivity contribution >= 4 is 29.0 Å². The fourth-order valence-electron chi connectivity index (χ4n) is 3.12. The topological polar surface area (TPSA) is 86.6 Å². The number of esters is 1. The Morgan fingerprint density at radius 3 is 2.68 bits per heavy atom. The fraction of sp³-hybridized carbons (Fsp3) is 0.450. The minimum Gasteiger partial charge on any atom is -0.457 e. The Hall–Kier alpha value is -2.45. The van der Waals surface area contributed by atoms with E-state index in [1.54, 1.807) is 24.6 Å². The number of Topliss-reactive ketones (excluding diaryl/α,β-unsaturated/α-hetero) is 1. The molecule has 0 aliphatic rings. The van der Waals surface area contributed by atoms with Crippen molar-refractivity contribution in [1.29, 1.82) is 0 Å². The first-order chi connectivity index (χ1) is 13.3. The van der Waals surface area contributed by atoms with E-state index < -0.39 is 5.97 Å². The Morgan fingerprint density at radius 1 is 1.29 bits per heavy atom. The second-order valence-electron chi connectivity index (χ2n) is 6.56. The summed E-state index contributed by atoms with van der Waals surface area (Å²) in [6.45, 7) is 6.19. The Labute approximate surface area is 168 Å². The van der Waals surface area contributed by atoms with Gasteiger partial charge in [0, 0.05) is 41.5 Å². The highest BCUT2D eigenvalue weighted by atomic mass is 32.1. The minimum atomic E-state index is -0.527. The largest absolute Gasteiger partial charge is 0.457 e. The van der Waals surface area contributed by atoms with E-state index in [1.807, 2.05) is 30.7 Å². The first-order valence-corrected chi connectivity index (χ1v) is 9.96. The molecule has 1 amide bonds. The van der Waals surface area contributed by atoms with E-state index in [-0.39, 0.29) is 37.3 Å². The van der Waals surface area contributed by atoms with Gasteiger partial charge in [0.25, 0.3) is 5.91 Å². The molecule has 152 valence electrons. The number of hydrogen-bond donors (Lipinski definition) is 1. The summed E-state index contributed by atoms with van der Waals surface area (Å²) >= 11 is 1.43. The number of ketones is 1. The zero-order valence-electron chi connectivity index (χ0n) is 16.6. The Balaban J connectivity index is 1.82. The molecule has 2 aromatic rings. The number of nitrogens with zero attached hydrogens (tertiary/aromatic N) is 1. The van der Waals surface area contributed by atoms with Gasteiger partial charge in [-0.05, 0) is 38.3 Å². The highest BCUT2D eigenvalue weighted by Crippen LogP contribution is 2.21. The summed E-state index contributed by atoms with van der Waals surface area (Å²) in [7, 11) is 1.64. The number of thiophene rings is 1. The summed E-state index contributed by atoms with van der Waals surface area (Å²) in [4.78, 5) is 36.1. The molecule has 1 atom stereocenters. The smallest absolute Gasteiger partial charge is 0.308 e.